The molecule has 0 fully saturated rings. The van der Waals surface area contributed by atoms with Gasteiger partial charge in [-0.1, -0.05) is 29.8 Å². The fourth-order valence-corrected chi connectivity index (χ4v) is 2.76. The summed E-state index contributed by atoms with van der Waals surface area (Å²) in [5.74, 6) is -0.625. The van der Waals surface area contributed by atoms with Gasteiger partial charge in [0.2, 0.25) is 11.8 Å². The van der Waals surface area contributed by atoms with E-state index in [1.165, 1.54) is 0 Å². The van der Waals surface area contributed by atoms with Gasteiger partial charge in [-0.05, 0) is 75.1 Å². The van der Waals surface area contributed by atoms with Crippen molar-refractivity contribution in [3.05, 3.63) is 64.2 Å². The molecule has 0 saturated heterocycles. The molecule has 2 rings (SSSR count). The highest BCUT2D eigenvalue weighted by molar-refractivity contribution is 6.30. The van der Waals surface area contributed by atoms with Crippen LogP contribution in [0.5, 0.6) is 0 Å². The Hall–Kier alpha value is -2.33. The fraction of sp³-hybridized carbons (Fsp3) is 0.333. The van der Waals surface area contributed by atoms with Crippen molar-refractivity contribution in [3.63, 3.8) is 0 Å². The number of amides is 2. The van der Waals surface area contributed by atoms with Gasteiger partial charge in [-0.25, -0.2) is 0 Å². The maximum absolute atomic E-state index is 12.6. The van der Waals surface area contributed by atoms with E-state index in [2.05, 4.69) is 10.6 Å². The van der Waals surface area contributed by atoms with Crippen LogP contribution < -0.4 is 10.6 Å². The van der Waals surface area contributed by atoms with E-state index in [1.54, 1.807) is 13.8 Å². The largest absolute Gasteiger partial charge is 0.355 e. The molecule has 0 aliphatic carbocycles. The predicted molar refractivity (Wildman–Crippen MR) is 106 cm³/mol. The highest BCUT2D eigenvalue weighted by Gasteiger charge is 2.35. The summed E-state index contributed by atoms with van der Waals surface area (Å²) in [4.78, 5) is 25.1. The van der Waals surface area contributed by atoms with Crippen molar-refractivity contribution < 1.29 is 9.59 Å². The summed E-state index contributed by atoms with van der Waals surface area (Å²) < 4.78 is 0. The smallest absolute Gasteiger partial charge is 0.239 e. The van der Waals surface area contributed by atoms with Gasteiger partial charge in [0, 0.05) is 17.3 Å². The van der Waals surface area contributed by atoms with Gasteiger partial charge in [0.25, 0.3) is 0 Å². The van der Waals surface area contributed by atoms with E-state index in [4.69, 9.17) is 11.6 Å². The standard InChI is InChI=1S/C21H25ClN2O2/c1-14-11-15(2)13-18(12-14)24-20(26)21(3,4)19(25)23-10-9-16-5-7-17(22)8-6-16/h5-8,11-13H,9-10H2,1-4H3,(H,23,25)(H,24,26). The number of carbonyl (C=O) groups excluding carboxylic acids is 2. The molecule has 2 aromatic rings. The maximum atomic E-state index is 12.6. The first-order valence-corrected chi connectivity index (χ1v) is 8.99. The first-order valence-electron chi connectivity index (χ1n) is 8.61. The van der Waals surface area contributed by atoms with Gasteiger partial charge in [-0.3, -0.25) is 9.59 Å². The molecule has 2 aromatic carbocycles. The minimum absolute atomic E-state index is 0.298. The van der Waals surface area contributed by atoms with Crippen molar-refractivity contribution in [3.8, 4) is 0 Å². The van der Waals surface area contributed by atoms with E-state index in [9.17, 15) is 9.59 Å². The average Bonchev–Trinajstić information content (AvgIpc) is 2.55. The number of aryl methyl sites for hydroxylation is 2. The van der Waals surface area contributed by atoms with Gasteiger partial charge in [0.1, 0.15) is 5.41 Å². The molecule has 0 aliphatic heterocycles. The number of nitrogens with one attached hydrogen (secondary N) is 2. The Bertz CT molecular complexity index is 778. The molecule has 0 radical (unpaired) electrons. The lowest BCUT2D eigenvalue weighted by atomic mass is 9.90. The summed E-state index contributed by atoms with van der Waals surface area (Å²) in [6, 6.07) is 13.3. The van der Waals surface area contributed by atoms with Crippen molar-refractivity contribution in [2.24, 2.45) is 5.41 Å². The number of carbonyl (C=O) groups is 2. The molecule has 0 aliphatic rings. The lowest BCUT2D eigenvalue weighted by Gasteiger charge is -2.23. The minimum atomic E-state index is -1.17. The molecule has 5 heteroatoms. The molecule has 0 atom stereocenters. The van der Waals surface area contributed by atoms with Gasteiger partial charge in [0.05, 0.1) is 0 Å². The molecule has 0 bridgehead atoms. The Morgan fingerprint density at radius 1 is 0.962 bits per heavy atom. The number of halogens is 1. The third-order valence-electron chi connectivity index (χ3n) is 4.23. The lowest BCUT2D eigenvalue weighted by Crippen LogP contribution is -2.45. The highest BCUT2D eigenvalue weighted by Crippen LogP contribution is 2.21. The van der Waals surface area contributed by atoms with Crippen LogP contribution in [0.1, 0.15) is 30.5 Å². The molecule has 2 N–H and O–H groups in total. The van der Waals surface area contributed by atoms with E-state index < -0.39 is 5.41 Å². The first kappa shape index (κ1) is 20.0. The second-order valence-electron chi connectivity index (χ2n) is 7.09. The lowest BCUT2D eigenvalue weighted by molar-refractivity contribution is -0.138. The SMILES string of the molecule is Cc1cc(C)cc(NC(=O)C(C)(C)C(=O)NCCc2ccc(Cl)cc2)c1. The molecule has 2 amide bonds. The van der Waals surface area contributed by atoms with Crippen LogP contribution in [-0.2, 0) is 16.0 Å². The molecule has 4 nitrogen and oxygen atoms in total. The molecule has 0 saturated carbocycles. The number of benzene rings is 2. The van der Waals surface area contributed by atoms with Gasteiger partial charge in [-0.2, -0.15) is 0 Å². The number of rotatable bonds is 6. The Labute approximate surface area is 159 Å². The third-order valence-corrected chi connectivity index (χ3v) is 4.48. The van der Waals surface area contributed by atoms with E-state index >= 15 is 0 Å². The van der Waals surface area contributed by atoms with Gasteiger partial charge in [-0.15, -0.1) is 0 Å². The maximum Gasteiger partial charge on any atom is 0.239 e. The molecule has 0 spiro atoms. The average molecular weight is 373 g/mol. The van der Waals surface area contributed by atoms with Crippen LogP contribution >= 0.6 is 11.6 Å². The van der Waals surface area contributed by atoms with E-state index in [-0.39, 0.29) is 11.8 Å². The third kappa shape index (κ3) is 5.33. The summed E-state index contributed by atoms with van der Waals surface area (Å²) in [6.45, 7) is 7.65. The first-order chi connectivity index (χ1) is 12.2. The summed E-state index contributed by atoms with van der Waals surface area (Å²) in [5.41, 5.74) is 2.73. The molecular formula is C21H25ClN2O2. The van der Waals surface area contributed by atoms with Crippen LogP contribution in [-0.4, -0.2) is 18.4 Å². The molecule has 26 heavy (non-hydrogen) atoms. The molecule has 138 valence electrons. The van der Waals surface area contributed by atoms with Crippen LogP contribution in [0, 0.1) is 19.3 Å². The van der Waals surface area contributed by atoms with Crippen molar-refractivity contribution in [2.45, 2.75) is 34.1 Å². The second kappa shape index (κ2) is 8.37. The second-order valence-corrected chi connectivity index (χ2v) is 7.52. The summed E-state index contributed by atoms with van der Waals surface area (Å²) >= 11 is 5.86. The van der Waals surface area contributed by atoms with Crippen molar-refractivity contribution in [2.75, 3.05) is 11.9 Å². The van der Waals surface area contributed by atoms with Crippen LogP contribution in [0.15, 0.2) is 42.5 Å². The zero-order valence-electron chi connectivity index (χ0n) is 15.7. The van der Waals surface area contributed by atoms with Crippen LogP contribution in [0.3, 0.4) is 0 Å². The molecule has 0 aromatic heterocycles. The topological polar surface area (TPSA) is 58.2 Å². The monoisotopic (exact) mass is 372 g/mol. The number of anilines is 1. The van der Waals surface area contributed by atoms with Crippen LogP contribution in [0.2, 0.25) is 5.02 Å². The number of hydrogen-bond acceptors (Lipinski definition) is 2. The molecule has 0 unspecified atom stereocenters. The summed E-state index contributed by atoms with van der Waals surface area (Å²) in [7, 11) is 0. The van der Waals surface area contributed by atoms with Gasteiger partial charge >= 0.3 is 0 Å². The summed E-state index contributed by atoms with van der Waals surface area (Å²) in [6.07, 6.45) is 0.678. The zero-order valence-corrected chi connectivity index (χ0v) is 16.4. The Morgan fingerprint density at radius 2 is 1.54 bits per heavy atom. The predicted octanol–water partition coefficient (Wildman–Crippen LogP) is 4.28. The van der Waals surface area contributed by atoms with Gasteiger partial charge < -0.3 is 10.6 Å². The fourth-order valence-electron chi connectivity index (χ4n) is 2.63. The summed E-state index contributed by atoms with van der Waals surface area (Å²) in [5, 5.41) is 6.37. The molecule has 0 heterocycles. The van der Waals surface area contributed by atoms with Crippen molar-refractivity contribution in [1.29, 1.82) is 0 Å². The Balaban J connectivity index is 1.93. The minimum Gasteiger partial charge on any atom is -0.355 e. The molecular weight excluding hydrogens is 348 g/mol. The van der Waals surface area contributed by atoms with Crippen molar-refractivity contribution >= 4 is 29.1 Å². The van der Waals surface area contributed by atoms with Crippen molar-refractivity contribution in [1.82, 2.24) is 5.32 Å². The number of hydrogen-bond donors (Lipinski definition) is 2. The highest BCUT2D eigenvalue weighted by atomic mass is 35.5. The van der Waals surface area contributed by atoms with E-state index in [0.717, 1.165) is 16.7 Å². The normalized spacial score (nSPS) is 11.1. The van der Waals surface area contributed by atoms with E-state index in [1.807, 2.05) is 56.3 Å². The van der Waals surface area contributed by atoms with E-state index in [0.29, 0.717) is 23.7 Å². The van der Waals surface area contributed by atoms with Crippen LogP contribution in [0.4, 0.5) is 5.69 Å². The Kier molecular flexibility index (Phi) is 6.43. The van der Waals surface area contributed by atoms with Crippen LogP contribution in [0.25, 0.3) is 0 Å². The zero-order chi connectivity index (χ0) is 19.3. The Morgan fingerprint density at radius 3 is 2.12 bits per heavy atom. The van der Waals surface area contributed by atoms with Gasteiger partial charge in [0.15, 0.2) is 0 Å². The quantitative estimate of drug-likeness (QED) is 0.743.